The van der Waals surface area contributed by atoms with E-state index in [4.69, 9.17) is 0 Å². The van der Waals surface area contributed by atoms with Crippen molar-refractivity contribution in [3.05, 3.63) is 33.8 Å². The highest BCUT2D eigenvalue weighted by Crippen LogP contribution is 2.32. The number of amides is 2. The van der Waals surface area contributed by atoms with Crippen molar-refractivity contribution in [2.75, 3.05) is 13.2 Å². The normalized spacial score (nSPS) is 17.6. The zero-order valence-corrected chi connectivity index (χ0v) is 10.9. The number of aryl methyl sites for hydroxylation is 1. The number of halogens is 2. The van der Waals surface area contributed by atoms with E-state index in [1.165, 1.54) is 5.56 Å². The Hall–Kier alpha value is -1.10. The number of hydrogen-bond donors (Lipinski definition) is 2. The van der Waals surface area contributed by atoms with E-state index in [0.29, 0.717) is 0 Å². The van der Waals surface area contributed by atoms with Crippen molar-refractivity contribution in [1.29, 1.82) is 0 Å². The minimum absolute atomic E-state index is 0.0297. The molecule has 0 aromatic heterocycles. The standard InChI is InChI=1S/C12H14BrFN2O/c13-9-3-1-8-2-4-11(10(8)7-9)16-12(17)15-6-5-14/h1,3,7,11H,2,4-6H2,(H2,15,16,17). The van der Waals surface area contributed by atoms with Crippen molar-refractivity contribution in [2.45, 2.75) is 18.9 Å². The van der Waals surface area contributed by atoms with Crippen LogP contribution in [0.3, 0.4) is 0 Å². The monoisotopic (exact) mass is 300 g/mol. The van der Waals surface area contributed by atoms with Crippen molar-refractivity contribution in [1.82, 2.24) is 10.6 Å². The Labute approximate surface area is 108 Å². The largest absolute Gasteiger partial charge is 0.336 e. The lowest BCUT2D eigenvalue weighted by Crippen LogP contribution is -2.38. The molecule has 0 saturated heterocycles. The molecule has 2 N–H and O–H groups in total. The fourth-order valence-corrected chi connectivity index (χ4v) is 2.47. The number of hydrogen-bond acceptors (Lipinski definition) is 1. The lowest BCUT2D eigenvalue weighted by molar-refractivity contribution is 0.236. The second-order valence-electron chi connectivity index (χ2n) is 4.02. The van der Waals surface area contributed by atoms with Gasteiger partial charge < -0.3 is 10.6 Å². The molecule has 1 aliphatic rings. The van der Waals surface area contributed by atoms with Gasteiger partial charge in [-0.25, -0.2) is 9.18 Å². The van der Waals surface area contributed by atoms with E-state index in [-0.39, 0.29) is 18.6 Å². The first-order valence-corrected chi connectivity index (χ1v) is 6.38. The first-order valence-electron chi connectivity index (χ1n) is 5.59. The van der Waals surface area contributed by atoms with Gasteiger partial charge in [0.1, 0.15) is 6.67 Å². The number of carbonyl (C=O) groups excluding carboxylic acids is 1. The van der Waals surface area contributed by atoms with Crippen LogP contribution in [-0.4, -0.2) is 19.3 Å². The van der Waals surface area contributed by atoms with E-state index < -0.39 is 6.67 Å². The van der Waals surface area contributed by atoms with Crippen molar-refractivity contribution in [3.8, 4) is 0 Å². The summed E-state index contributed by atoms with van der Waals surface area (Å²) in [6.45, 7) is -0.482. The van der Waals surface area contributed by atoms with Crippen molar-refractivity contribution in [2.24, 2.45) is 0 Å². The third-order valence-electron chi connectivity index (χ3n) is 2.87. The molecule has 0 radical (unpaired) electrons. The molecule has 1 unspecified atom stereocenters. The molecule has 2 rings (SSSR count). The molecular weight excluding hydrogens is 287 g/mol. The number of urea groups is 1. The van der Waals surface area contributed by atoms with Crippen LogP contribution in [0.25, 0.3) is 0 Å². The van der Waals surface area contributed by atoms with Crippen molar-refractivity contribution < 1.29 is 9.18 Å². The van der Waals surface area contributed by atoms with Crippen LogP contribution in [0.2, 0.25) is 0 Å². The Morgan fingerprint density at radius 3 is 3.12 bits per heavy atom. The molecule has 0 spiro atoms. The number of alkyl halides is 1. The van der Waals surface area contributed by atoms with Crippen LogP contribution in [0.4, 0.5) is 9.18 Å². The fraction of sp³-hybridized carbons (Fsp3) is 0.417. The maximum atomic E-state index is 11.9. The summed E-state index contributed by atoms with van der Waals surface area (Å²) in [5.74, 6) is 0. The SMILES string of the molecule is O=C(NCCF)NC1CCc2ccc(Br)cc21. The van der Waals surface area contributed by atoms with Crippen molar-refractivity contribution in [3.63, 3.8) is 0 Å². The van der Waals surface area contributed by atoms with E-state index in [9.17, 15) is 9.18 Å². The number of fused-ring (bicyclic) bond motifs is 1. The van der Waals surface area contributed by atoms with E-state index in [1.807, 2.05) is 12.1 Å². The molecule has 0 bridgehead atoms. The second-order valence-corrected chi connectivity index (χ2v) is 4.94. The van der Waals surface area contributed by atoms with Crippen LogP contribution < -0.4 is 10.6 Å². The van der Waals surface area contributed by atoms with Gasteiger partial charge in [-0.05, 0) is 36.1 Å². The van der Waals surface area contributed by atoms with Crippen LogP contribution in [0.1, 0.15) is 23.6 Å². The third-order valence-corrected chi connectivity index (χ3v) is 3.36. The summed E-state index contributed by atoms with van der Waals surface area (Å²) in [6.07, 6.45) is 1.87. The Balaban J connectivity index is 2.01. The maximum absolute atomic E-state index is 11.9. The Kier molecular flexibility index (Phi) is 3.99. The van der Waals surface area contributed by atoms with E-state index in [2.05, 4.69) is 32.6 Å². The van der Waals surface area contributed by atoms with E-state index in [1.54, 1.807) is 0 Å². The van der Waals surface area contributed by atoms with Crippen LogP contribution in [-0.2, 0) is 6.42 Å². The van der Waals surface area contributed by atoms with Gasteiger partial charge in [0.05, 0.1) is 6.04 Å². The predicted octanol–water partition coefficient (Wildman–Crippen LogP) is 2.71. The van der Waals surface area contributed by atoms with E-state index >= 15 is 0 Å². The second kappa shape index (κ2) is 5.49. The van der Waals surface area contributed by atoms with Gasteiger partial charge in [-0.2, -0.15) is 0 Å². The van der Waals surface area contributed by atoms with Gasteiger partial charge in [-0.15, -0.1) is 0 Å². The van der Waals surface area contributed by atoms with Gasteiger partial charge in [0, 0.05) is 11.0 Å². The lowest BCUT2D eigenvalue weighted by Gasteiger charge is -2.14. The molecular formula is C12H14BrFN2O. The quantitative estimate of drug-likeness (QED) is 0.885. The van der Waals surface area contributed by atoms with Crippen LogP contribution >= 0.6 is 15.9 Å². The smallest absolute Gasteiger partial charge is 0.315 e. The summed E-state index contributed by atoms with van der Waals surface area (Å²) in [6, 6.07) is 5.83. The van der Waals surface area contributed by atoms with Crippen LogP contribution in [0.5, 0.6) is 0 Å². The zero-order valence-electron chi connectivity index (χ0n) is 9.30. The van der Waals surface area contributed by atoms with Gasteiger partial charge in [0.15, 0.2) is 0 Å². The topological polar surface area (TPSA) is 41.1 Å². The summed E-state index contributed by atoms with van der Waals surface area (Å²) in [7, 11) is 0. The highest BCUT2D eigenvalue weighted by atomic mass is 79.9. The molecule has 2 amide bonds. The summed E-state index contributed by atoms with van der Waals surface area (Å²) in [4.78, 5) is 11.5. The lowest BCUT2D eigenvalue weighted by atomic mass is 10.1. The molecule has 0 heterocycles. The molecule has 5 heteroatoms. The summed E-state index contributed by atoms with van der Waals surface area (Å²) in [5, 5.41) is 5.33. The number of rotatable bonds is 3. The van der Waals surface area contributed by atoms with Gasteiger partial charge in [-0.1, -0.05) is 22.0 Å². The zero-order chi connectivity index (χ0) is 12.3. The average molecular weight is 301 g/mol. The Bertz CT molecular complexity index is 425. The molecule has 92 valence electrons. The minimum atomic E-state index is -0.541. The molecule has 1 aromatic carbocycles. The first-order chi connectivity index (χ1) is 8.20. The number of benzene rings is 1. The van der Waals surface area contributed by atoms with Gasteiger partial charge in [0.25, 0.3) is 0 Å². The molecule has 1 aromatic rings. The molecule has 1 aliphatic carbocycles. The van der Waals surface area contributed by atoms with Gasteiger partial charge >= 0.3 is 6.03 Å². The molecule has 0 fully saturated rings. The molecule has 0 aliphatic heterocycles. The fourth-order valence-electron chi connectivity index (χ4n) is 2.09. The van der Waals surface area contributed by atoms with Crippen LogP contribution in [0.15, 0.2) is 22.7 Å². The van der Waals surface area contributed by atoms with Crippen molar-refractivity contribution >= 4 is 22.0 Å². The number of nitrogens with one attached hydrogen (secondary N) is 2. The highest BCUT2D eigenvalue weighted by molar-refractivity contribution is 9.10. The minimum Gasteiger partial charge on any atom is -0.336 e. The van der Waals surface area contributed by atoms with Gasteiger partial charge in [0.2, 0.25) is 0 Å². The van der Waals surface area contributed by atoms with Gasteiger partial charge in [-0.3, -0.25) is 0 Å². The van der Waals surface area contributed by atoms with Crippen LogP contribution in [0, 0.1) is 0 Å². The molecule has 0 saturated carbocycles. The third kappa shape index (κ3) is 2.97. The summed E-state index contributed by atoms with van der Waals surface area (Å²) < 4.78 is 12.9. The molecule has 1 atom stereocenters. The predicted molar refractivity (Wildman–Crippen MR) is 67.7 cm³/mol. The highest BCUT2D eigenvalue weighted by Gasteiger charge is 2.23. The first kappa shape index (κ1) is 12.4. The average Bonchev–Trinajstić information content (AvgIpc) is 2.69. The van der Waals surface area contributed by atoms with E-state index in [0.717, 1.165) is 22.9 Å². The Morgan fingerprint density at radius 2 is 2.35 bits per heavy atom. The molecule has 3 nitrogen and oxygen atoms in total. The Morgan fingerprint density at radius 1 is 1.53 bits per heavy atom. The summed E-state index contributed by atoms with van der Waals surface area (Å²) in [5.41, 5.74) is 2.42. The molecule has 17 heavy (non-hydrogen) atoms. The number of carbonyl (C=O) groups is 1. The summed E-state index contributed by atoms with van der Waals surface area (Å²) >= 11 is 3.42. The maximum Gasteiger partial charge on any atom is 0.315 e.